The standard InChI is InChI=1S/C21H24N4O2S2/c1-15-19(16(2)27-23-15)14-29-20-18(6-3-7-22-20)21(26)25-10-8-24(9-11-25)13-17-5-4-12-28-17/h3-7,12H,8-11,13-14H2,1-2H3. The van der Waals surface area contributed by atoms with Crippen molar-refractivity contribution < 1.29 is 9.32 Å². The van der Waals surface area contributed by atoms with E-state index in [0.717, 1.165) is 54.8 Å². The van der Waals surface area contributed by atoms with Crippen molar-refractivity contribution in [1.29, 1.82) is 0 Å². The summed E-state index contributed by atoms with van der Waals surface area (Å²) in [5.41, 5.74) is 2.64. The Balaban J connectivity index is 1.39. The van der Waals surface area contributed by atoms with Crippen LogP contribution >= 0.6 is 23.1 Å². The Kier molecular flexibility index (Phi) is 6.32. The Bertz CT molecular complexity index is 943. The number of thiophene rings is 1. The van der Waals surface area contributed by atoms with Crippen LogP contribution in [0.4, 0.5) is 0 Å². The molecule has 0 aliphatic carbocycles. The summed E-state index contributed by atoms with van der Waals surface area (Å²) < 4.78 is 5.24. The number of piperazine rings is 1. The highest BCUT2D eigenvalue weighted by Gasteiger charge is 2.25. The van der Waals surface area contributed by atoms with Crippen LogP contribution < -0.4 is 0 Å². The smallest absolute Gasteiger partial charge is 0.256 e. The fourth-order valence-electron chi connectivity index (χ4n) is 3.42. The third-order valence-corrected chi connectivity index (χ3v) is 7.05. The molecule has 1 fully saturated rings. The number of aryl methyl sites for hydroxylation is 2. The van der Waals surface area contributed by atoms with Crippen molar-refractivity contribution in [3.63, 3.8) is 0 Å². The molecule has 4 heterocycles. The van der Waals surface area contributed by atoms with Crippen LogP contribution in [0.1, 0.15) is 32.3 Å². The largest absolute Gasteiger partial charge is 0.361 e. The highest BCUT2D eigenvalue weighted by Crippen LogP contribution is 2.28. The number of hydrogen-bond donors (Lipinski definition) is 0. The maximum Gasteiger partial charge on any atom is 0.256 e. The van der Waals surface area contributed by atoms with Gasteiger partial charge in [0.2, 0.25) is 0 Å². The van der Waals surface area contributed by atoms with Crippen molar-refractivity contribution in [1.82, 2.24) is 19.9 Å². The van der Waals surface area contributed by atoms with Gasteiger partial charge in [0.05, 0.1) is 11.3 Å². The minimum Gasteiger partial charge on any atom is -0.361 e. The molecule has 3 aromatic rings. The van der Waals surface area contributed by atoms with Gasteiger partial charge >= 0.3 is 0 Å². The summed E-state index contributed by atoms with van der Waals surface area (Å²) in [6.45, 7) is 8.09. The van der Waals surface area contributed by atoms with Crippen molar-refractivity contribution in [2.45, 2.75) is 31.2 Å². The zero-order valence-electron chi connectivity index (χ0n) is 16.6. The summed E-state index contributed by atoms with van der Waals surface area (Å²) >= 11 is 3.35. The third-order valence-electron chi connectivity index (χ3n) is 5.16. The molecule has 152 valence electrons. The van der Waals surface area contributed by atoms with Crippen LogP contribution in [-0.2, 0) is 12.3 Å². The molecule has 0 radical (unpaired) electrons. The van der Waals surface area contributed by atoms with Gasteiger partial charge in [-0.2, -0.15) is 0 Å². The van der Waals surface area contributed by atoms with Gasteiger partial charge in [-0.25, -0.2) is 4.98 Å². The van der Waals surface area contributed by atoms with Crippen LogP contribution in [0.5, 0.6) is 0 Å². The molecule has 3 aromatic heterocycles. The molecule has 1 saturated heterocycles. The number of hydrogen-bond acceptors (Lipinski definition) is 7. The second-order valence-corrected chi connectivity index (χ2v) is 9.09. The van der Waals surface area contributed by atoms with Gasteiger partial charge in [0, 0.05) is 55.1 Å². The highest BCUT2D eigenvalue weighted by atomic mass is 32.2. The van der Waals surface area contributed by atoms with Gasteiger partial charge in [-0.05, 0) is 37.4 Å². The van der Waals surface area contributed by atoms with E-state index in [-0.39, 0.29) is 5.91 Å². The second-order valence-electron chi connectivity index (χ2n) is 7.10. The normalized spacial score (nSPS) is 15.0. The molecule has 0 N–H and O–H groups in total. The summed E-state index contributed by atoms with van der Waals surface area (Å²) in [5, 5.41) is 6.88. The third kappa shape index (κ3) is 4.71. The lowest BCUT2D eigenvalue weighted by Crippen LogP contribution is -2.48. The van der Waals surface area contributed by atoms with Gasteiger partial charge in [-0.3, -0.25) is 9.69 Å². The summed E-state index contributed by atoms with van der Waals surface area (Å²) in [7, 11) is 0. The SMILES string of the molecule is Cc1noc(C)c1CSc1ncccc1C(=O)N1CCN(Cc2cccs2)CC1. The lowest BCUT2D eigenvalue weighted by atomic mass is 10.2. The summed E-state index contributed by atoms with van der Waals surface area (Å²) in [4.78, 5) is 23.4. The summed E-state index contributed by atoms with van der Waals surface area (Å²) in [5.74, 6) is 1.57. The molecule has 6 nitrogen and oxygen atoms in total. The van der Waals surface area contributed by atoms with Crippen molar-refractivity contribution in [2.24, 2.45) is 0 Å². The van der Waals surface area contributed by atoms with Crippen molar-refractivity contribution in [3.05, 3.63) is 63.3 Å². The minimum atomic E-state index is 0.0649. The first-order chi connectivity index (χ1) is 14.1. The van der Waals surface area contributed by atoms with E-state index >= 15 is 0 Å². The first-order valence-corrected chi connectivity index (χ1v) is 11.5. The van der Waals surface area contributed by atoms with E-state index < -0.39 is 0 Å². The zero-order chi connectivity index (χ0) is 20.2. The van der Waals surface area contributed by atoms with Crippen LogP contribution in [0.15, 0.2) is 45.4 Å². The molecule has 1 aliphatic rings. The molecule has 1 amide bonds. The molecule has 0 saturated carbocycles. The van der Waals surface area contributed by atoms with E-state index in [0.29, 0.717) is 11.3 Å². The average Bonchev–Trinajstić information content (AvgIpc) is 3.36. The van der Waals surface area contributed by atoms with Gasteiger partial charge in [0.15, 0.2) is 0 Å². The van der Waals surface area contributed by atoms with E-state index in [2.05, 4.69) is 32.6 Å². The zero-order valence-corrected chi connectivity index (χ0v) is 18.3. The van der Waals surface area contributed by atoms with Gasteiger partial charge in [0.1, 0.15) is 10.8 Å². The van der Waals surface area contributed by atoms with E-state index in [1.807, 2.05) is 30.9 Å². The highest BCUT2D eigenvalue weighted by molar-refractivity contribution is 7.98. The number of amides is 1. The van der Waals surface area contributed by atoms with Crippen LogP contribution in [-0.4, -0.2) is 52.0 Å². The lowest BCUT2D eigenvalue weighted by Gasteiger charge is -2.34. The Morgan fingerprint density at radius 1 is 1.21 bits per heavy atom. The fraction of sp³-hybridized carbons (Fsp3) is 0.381. The van der Waals surface area contributed by atoms with E-state index in [1.165, 1.54) is 4.88 Å². The average molecular weight is 429 g/mol. The Labute approximate surface area is 178 Å². The molecular weight excluding hydrogens is 404 g/mol. The van der Waals surface area contributed by atoms with Gasteiger partial charge in [-0.15, -0.1) is 23.1 Å². The van der Waals surface area contributed by atoms with E-state index in [9.17, 15) is 4.79 Å². The lowest BCUT2D eigenvalue weighted by molar-refractivity contribution is 0.0625. The summed E-state index contributed by atoms with van der Waals surface area (Å²) in [6.07, 6.45) is 1.74. The minimum absolute atomic E-state index is 0.0649. The molecule has 0 aromatic carbocycles. The van der Waals surface area contributed by atoms with E-state index in [4.69, 9.17) is 4.52 Å². The van der Waals surface area contributed by atoms with Gasteiger partial charge in [-0.1, -0.05) is 11.2 Å². The molecule has 0 unspecified atom stereocenters. The maximum atomic E-state index is 13.2. The van der Waals surface area contributed by atoms with Crippen LogP contribution in [0.25, 0.3) is 0 Å². The van der Waals surface area contributed by atoms with Crippen LogP contribution in [0, 0.1) is 13.8 Å². The first kappa shape index (κ1) is 20.1. The van der Waals surface area contributed by atoms with Crippen molar-refractivity contribution in [3.8, 4) is 0 Å². The molecule has 0 bridgehead atoms. The number of thioether (sulfide) groups is 1. The summed E-state index contributed by atoms with van der Waals surface area (Å²) in [6, 6.07) is 7.97. The quantitative estimate of drug-likeness (QED) is 0.553. The monoisotopic (exact) mass is 428 g/mol. The number of rotatable bonds is 6. The molecule has 0 atom stereocenters. The maximum absolute atomic E-state index is 13.2. The number of nitrogens with zero attached hydrogens (tertiary/aromatic N) is 4. The number of carbonyl (C=O) groups is 1. The van der Waals surface area contributed by atoms with Crippen molar-refractivity contribution in [2.75, 3.05) is 26.2 Å². The second kappa shape index (κ2) is 9.11. The molecule has 8 heteroatoms. The first-order valence-electron chi connectivity index (χ1n) is 9.65. The Hall–Kier alpha value is -2.16. The Morgan fingerprint density at radius 3 is 2.72 bits per heavy atom. The van der Waals surface area contributed by atoms with E-state index in [1.54, 1.807) is 29.3 Å². The number of aromatic nitrogens is 2. The predicted molar refractivity (Wildman–Crippen MR) is 115 cm³/mol. The fourth-order valence-corrected chi connectivity index (χ4v) is 5.31. The number of carbonyl (C=O) groups excluding carboxylic acids is 1. The molecule has 1 aliphatic heterocycles. The van der Waals surface area contributed by atoms with Crippen molar-refractivity contribution >= 4 is 29.0 Å². The van der Waals surface area contributed by atoms with Gasteiger partial charge < -0.3 is 9.42 Å². The predicted octanol–water partition coefficient (Wildman–Crippen LogP) is 4.00. The van der Waals surface area contributed by atoms with Gasteiger partial charge in [0.25, 0.3) is 5.91 Å². The molecular formula is C21H24N4O2S2. The molecule has 29 heavy (non-hydrogen) atoms. The molecule has 4 rings (SSSR count). The van der Waals surface area contributed by atoms with Crippen LogP contribution in [0.3, 0.4) is 0 Å². The molecule has 0 spiro atoms. The topological polar surface area (TPSA) is 62.5 Å². The number of pyridine rings is 1. The Morgan fingerprint density at radius 2 is 2.03 bits per heavy atom. The van der Waals surface area contributed by atoms with Crippen LogP contribution in [0.2, 0.25) is 0 Å².